The van der Waals surface area contributed by atoms with Gasteiger partial charge in [-0.3, -0.25) is 18.9 Å². The van der Waals surface area contributed by atoms with E-state index in [9.17, 15) is 18.0 Å². The highest BCUT2D eigenvalue weighted by Crippen LogP contribution is 2.29. The molecule has 0 spiro atoms. The van der Waals surface area contributed by atoms with Crippen molar-refractivity contribution in [1.82, 2.24) is 9.47 Å². The number of carbonyl (C=O) groups is 1. The Morgan fingerprint density at radius 3 is 2.50 bits per heavy atom. The van der Waals surface area contributed by atoms with Crippen LogP contribution in [0.4, 0.5) is 5.69 Å². The number of thiazole rings is 1. The highest BCUT2D eigenvalue weighted by atomic mass is 32.2. The lowest BCUT2D eigenvalue weighted by Gasteiger charge is -2.18. The summed E-state index contributed by atoms with van der Waals surface area (Å²) in [7, 11) is -3.92. The van der Waals surface area contributed by atoms with Crippen LogP contribution in [-0.4, -0.2) is 43.1 Å². The number of nitrogens with one attached hydrogen (secondary N) is 1. The van der Waals surface area contributed by atoms with Gasteiger partial charge in [-0.25, -0.2) is 8.42 Å². The Labute approximate surface area is 195 Å². The summed E-state index contributed by atoms with van der Waals surface area (Å²) in [4.78, 5) is 27.7. The molecule has 170 valence electrons. The Bertz CT molecular complexity index is 1340. The number of hydrogen-bond donors (Lipinski definition) is 1. The molecule has 1 fully saturated rings. The number of carbonyl (C=O) groups excluding carboxylic acids is 1. The lowest BCUT2D eigenvalue weighted by Crippen LogP contribution is -2.28. The third-order valence-corrected chi connectivity index (χ3v) is 8.58. The number of benzene rings is 2. The van der Waals surface area contributed by atoms with Crippen molar-refractivity contribution in [1.29, 1.82) is 0 Å². The van der Waals surface area contributed by atoms with E-state index in [1.54, 1.807) is 33.7 Å². The molecule has 1 aliphatic heterocycles. The van der Waals surface area contributed by atoms with Crippen LogP contribution in [0.1, 0.15) is 43.1 Å². The third-order valence-electron chi connectivity index (χ3n) is 5.49. The number of amides is 1. The number of hydrogen-bond acceptors (Lipinski definition) is 6. The molecule has 10 heteroatoms. The van der Waals surface area contributed by atoms with Crippen molar-refractivity contribution in [2.45, 2.75) is 42.5 Å². The molecule has 4 rings (SSSR count). The van der Waals surface area contributed by atoms with Crippen molar-refractivity contribution in [3.63, 3.8) is 0 Å². The number of sulfonamides is 1. The van der Waals surface area contributed by atoms with E-state index in [1.165, 1.54) is 23.9 Å². The fraction of sp³-hybridized carbons (Fsp3) is 0.364. The van der Waals surface area contributed by atoms with E-state index in [0.717, 1.165) is 34.6 Å². The molecule has 0 bridgehead atoms. The van der Waals surface area contributed by atoms with Crippen LogP contribution in [0.5, 0.6) is 0 Å². The molecular formula is C22H25N3O4S3. The summed E-state index contributed by atoms with van der Waals surface area (Å²) in [5.74, 6) is -0.134. The van der Waals surface area contributed by atoms with Crippen molar-refractivity contribution in [3.05, 3.63) is 51.6 Å². The van der Waals surface area contributed by atoms with Crippen molar-refractivity contribution >= 4 is 54.9 Å². The van der Waals surface area contributed by atoms with Crippen molar-refractivity contribution in [3.8, 4) is 0 Å². The van der Waals surface area contributed by atoms with Crippen LogP contribution in [0.2, 0.25) is 0 Å². The van der Waals surface area contributed by atoms with Crippen molar-refractivity contribution in [2.75, 3.05) is 24.1 Å². The standard InChI is InChI=1S/C22H25N3O4S3/c1-14(2)25-18-8-6-15(12-20(18)31-22(25)27)23-32(28,29)16-7-9-19(30-3)17(13-16)21(26)24-10-4-5-11-24/h6-9,12-14,23H,4-5,10-11H2,1-3H3. The van der Waals surface area contributed by atoms with E-state index >= 15 is 0 Å². The van der Waals surface area contributed by atoms with Crippen LogP contribution in [-0.2, 0) is 10.0 Å². The lowest BCUT2D eigenvalue weighted by atomic mass is 10.2. The molecule has 1 N–H and O–H groups in total. The highest BCUT2D eigenvalue weighted by Gasteiger charge is 2.25. The van der Waals surface area contributed by atoms with Crippen LogP contribution < -0.4 is 9.60 Å². The first kappa shape index (κ1) is 22.9. The molecule has 0 saturated carbocycles. The fourth-order valence-corrected chi connectivity index (χ4v) is 6.61. The van der Waals surface area contributed by atoms with Gasteiger partial charge in [0.15, 0.2) is 0 Å². The predicted molar refractivity (Wildman–Crippen MR) is 131 cm³/mol. The molecule has 7 nitrogen and oxygen atoms in total. The number of likely N-dealkylation sites (tertiary alicyclic amines) is 1. The Kier molecular flexibility index (Phi) is 6.37. The monoisotopic (exact) mass is 491 g/mol. The smallest absolute Gasteiger partial charge is 0.308 e. The Balaban J connectivity index is 1.67. The van der Waals surface area contributed by atoms with Gasteiger partial charge in [-0.15, -0.1) is 11.8 Å². The molecule has 32 heavy (non-hydrogen) atoms. The van der Waals surface area contributed by atoms with Crippen molar-refractivity contribution in [2.24, 2.45) is 0 Å². The van der Waals surface area contributed by atoms with Gasteiger partial charge in [-0.1, -0.05) is 11.3 Å². The minimum atomic E-state index is -3.92. The van der Waals surface area contributed by atoms with Gasteiger partial charge in [-0.2, -0.15) is 0 Å². The molecule has 0 unspecified atom stereocenters. The van der Waals surface area contributed by atoms with Crippen LogP contribution in [0.3, 0.4) is 0 Å². The second-order valence-electron chi connectivity index (χ2n) is 7.98. The number of rotatable bonds is 6. The number of nitrogens with zero attached hydrogens (tertiary/aromatic N) is 2. The van der Waals surface area contributed by atoms with Crippen LogP contribution >= 0.6 is 23.1 Å². The Morgan fingerprint density at radius 1 is 1.12 bits per heavy atom. The molecule has 1 saturated heterocycles. The molecular weight excluding hydrogens is 466 g/mol. The number of fused-ring (bicyclic) bond motifs is 1. The average Bonchev–Trinajstić information content (AvgIpc) is 3.39. The molecule has 2 aromatic carbocycles. The SMILES string of the molecule is CSc1ccc(S(=O)(=O)Nc2ccc3c(c2)sc(=O)n3C(C)C)cc1C(=O)N1CCCC1. The summed E-state index contributed by atoms with van der Waals surface area (Å²) in [6.45, 7) is 5.26. The molecule has 3 aromatic rings. The molecule has 0 aliphatic carbocycles. The zero-order valence-electron chi connectivity index (χ0n) is 18.1. The topological polar surface area (TPSA) is 88.5 Å². The first-order valence-corrected chi connectivity index (χ1v) is 13.9. The molecule has 1 amide bonds. The van der Waals surface area contributed by atoms with Gasteiger partial charge in [-0.05, 0) is 69.3 Å². The number of anilines is 1. The summed E-state index contributed by atoms with van der Waals surface area (Å²) in [6.07, 6.45) is 3.80. The van der Waals surface area contributed by atoms with Gasteiger partial charge in [0, 0.05) is 24.0 Å². The first-order valence-electron chi connectivity index (χ1n) is 10.4. The largest absolute Gasteiger partial charge is 0.339 e. The van der Waals surface area contributed by atoms with Gasteiger partial charge in [0.1, 0.15) is 0 Å². The lowest BCUT2D eigenvalue weighted by molar-refractivity contribution is 0.0789. The van der Waals surface area contributed by atoms with Gasteiger partial charge >= 0.3 is 4.87 Å². The maximum atomic E-state index is 13.1. The fourth-order valence-electron chi connectivity index (χ4n) is 3.91. The summed E-state index contributed by atoms with van der Waals surface area (Å²) in [5, 5.41) is 0. The van der Waals surface area contributed by atoms with E-state index in [0.29, 0.717) is 29.0 Å². The first-order chi connectivity index (χ1) is 15.2. The summed E-state index contributed by atoms with van der Waals surface area (Å²) >= 11 is 2.51. The maximum Gasteiger partial charge on any atom is 0.308 e. The summed E-state index contributed by atoms with van der Waals surface area (Å²) in [5.41, 5.74) is 1.56. The van der Waals surface area contributed by atoms with Gasteiger partial charge in [0.25, 0.3) is 15.9 Å². The van der Waals surface area contributed by atoms with E-state index in [4.69, 9.17) is 0 Å². The molecule has 2 heterocycles. The highest BCUT2D eigenvalue weighted by molar-refractivity contribution is 7.98. The Morgan fingerprint density at radius 2 is 1.84 bits per heavy atom. The van der Waals surface area contributed by atoms with Gasteiger partial charge in [0.05, 0.1) is 26.4 Å². The minimum absolute atomic E-state index is 0.0142. The van der Waals surface area contributed by atoms with E-state index in [-0.39, 0.29) is 21.7 Å². The van der Waals surface area contributed by atoms with Gasteiger partial charge < -0.3 is 4.90 Å². The predicted octanol–water partition coefficient (Wildman–Crippen LogP) is 4.40. The third kappa shape index (κ3) is 4.31. The minimum Gasteiger partial charge on any atom is -0.339 e. The molecule has 0 radical (unpaired) electrons. The second kappa shape index (κ2) is 8.92. The van der Waals surface area contributed by atoms with Crippen LogP contribution in [0, 0.1) is 0 Å². The van der Waals surface area contributed by atoms with E-state index < -0.39 is 10.0 Å². The number of thioether (sulfide) groups is 1. The van der Waals surface area contributed by atoms with Crippen molar-refractivity contribution < 1.29 is 13.2 Å². The van der Waals surface area contributed by atoms with Crippen LogP contribution in [0.15, 0.2) is 51.0 Å². The molecule has 1 aromatic heterocycles. The van der Waals surface area contributed by atoms with E-state index in [2.05, 4.69) is 4.72 Å². The summed E-state index contributed by atoms with van der Waals surface area (Å²) < 4.78 is 31.2. The van der Waals surface area contributed by atoms with E-state index in [1.807, 2.05) is 20.1 Å². The zero-order valence-corrected chi connectivity index (χ0v) is 20.6. The van der Waals surface area contributed by atoms with Crippen LogP contribution in [0.25, 0.3) is 10.2 Å². The normalized spacial score (nSPS) is 14.4. The molecule has 0 atom stereocenters. The maximum absolute atomic E-state index is 13.1. The number of aromatic nitrogens is 1. The van der Waals surface area contributed by atoms with Gasteiger partial charge in [0.2, 0.25) is 0 Å². The quantitative estimate of drug-likeness (QED) is 0.516. The molecule has 1 aliphatic rings. The Hall–Kier alpha value is -2.30. The second-order valence-corrected chi connectivity index (χ2v) is 11.5. The average molecular weight is 492 g/mol. The zero-order chi connectivity index (χ0) is 23.0. The summed E-state index contributed by atoms with van der Waals surface area (Å²) in [6, 6.07) is 9.74.